The Morgan fingerprint density at radius 1 is 0.833 bits per heavy atom. The van der Waals surface area contributed by atoms with Crippen molar-refractivity contribution >= 4 is 16.8 Å². The summed E-state index contributed by atoms with van der Waals surface area (Å²) in [6.45, 7) is 0.841. The van der Waals surface area contributed by atoms with E-state index in [1.807, 2.05) is 78.9 Å². The zero-order chi connectivity index (χ0) is 20.8. The zero-order valence-corrected chi connectivity index (χ0v) is 16.8. The van der Waals surface area contributed by atoms with E-state index in [-0.39, 0.29) is 5.69 Å². The first kappa shape index (κ1) is 19.7. The molecule has 0 radical (unpaired) electrons. The summed E-state index contributed by atoms with van der Waals surface area (Å²) in [5, 5.41) is 6.25. The second kappa shape index (κ2) is 9.29. The summed E-state index contributed by atoms with van der Waals surface area (Å²) >= 11 is 5.55. The molecule has 6 heteroatoms. The van der Waals surface area contributed by atoms with E-state index in [4.69, 9.17) is 21.1 Å². The fourth-order valence-corrected chi connectivity index (χ4v) is 3.06. The number of hydrogen-bond acceptors (Lipinski definition) is 4. The average Bonchev–Trinajstić information content (AvgIpc) is 3.28. The van der Waals surface area contributed by atoms with Crippen LogP contribution in [-0.4, -0.2) is 15.4 Å². The van der Waals surface area contributed by atoms with E-state index in [1.165, 1.54) is 0 Å². The molecule has 0 aliphatic heterocycles. The van der Waals surface area contributed by atoms with Crippen LogP contribution >= 0.6 is 11.6 Å². The Labute approximate surface area is 179 Å². The van der Waals surface area contributed by atoms with Crippen LogP contribution in [0.5, 0.6) is 11.5 Å². The first-order valence-electron chi connectivity index (χ1n) is 9.42. The lowest BCUT2D eigenvalue weighted by Gasteiger charge is -2.13. The summed E-state index contributed by atoms with van der Waals surface area (Å²) in [6, 6.07) is 27.0. The number of aromatic amines is 1. The second-order valence-corrected chi connectivity index (χ2v) is 6.99. The summed E-state index contributed by atoms with van der Waals surface area (Å²) in [5.41, 5.74) is 3.64. The summed E-state index contributed by atoms with van der Waals surface area (Å²) in [5.74, 6) is 1.28. The van der Waals surface area contributed by atoms with E-state index in [9.17, 15) is 4.79 Å². The summed E-state index contributed by atoms with van der Waals surface area (Å²) in [7, 11) is 0. The maximum atomic E-state index is 11.4. The van der Waals surface area contributed by atoms with Crippen LogP contribution in [0.25, 0.3) is 11.3 Å². The van der Waals surface area contributed by atoms with E-state index in [1.54, 1.807) is 6.07 Å². The van der Waals surface area contributed by atoms with E-state index < -0.39 is 5.24 Å². The number of carbonyl (C=O) groups is 1. The largest absolute Gasteiger partial charge is 0.489 e. The molecule has 4 aromatic rings. The van der Waals surface area contributed by atoms with Gasteiger partial charge in [0.15, 0.2) is 0 Å². The molecule has 0 bridgehead atoms. The number of halogens is 1. The van der Waals surface area contributed by atoms with Crippen LogP contribution in [0.4, 0.5) is 0 Å². The van der Waals surface area contributed by atoms with Gasteiger partial charge >= 0.3 is 0 Å². The third-order valence-corrected chi connectivity index (χ3v) is 4.71. The molecular weight excluding hydrogens is 400 g/mol. The highest BCUT2D eigenvalue weighted by Crippen LogP contribution is 2.34. The standard InChI is InChI=1S/C24H19ClN2O3/c25-24(28)22-14-21(26-27-22)20-12-11-19(29-15-17-7-3-1-4-8-17)13-23(20)30-16-18-9-5-2-6-10-18/h1-14H,15-16H2,(H,26,27). The SMILES string of the molecule is O=C(Cl)c1cc(-c2ccc(OCc3ccccc3)cc2OCc2ccccc2)n[nH]1. The first-order valence-corrected chi connectivity index (χ1v) is 9.80. The molecule has 0 atom stereocenters. The molecule has 3 aromatic carbocycles. The Hall–Kier alpha value is -3.57. The minimum Gasteiger partial charge on any atom is -0.489 e. The highest BCUT2D eigenvalue weighted by Gasteiger charge is 2.14. The van der Waals surface area contributed by atoms with E-state index in [2.05, 4.69) is 10.2 Å². The Morgan fingerprint density at radius 2 is 1.47 bits per heavy atom. The fraction of sp³-hybridized carbons (Fsp3) is 0.0833. The fourth-order valence-electron chi connectivity index (χ4n) is 2.96. The molecule has 0 fully saturated rings. The molecule has 0 spiro atoms. The molecule has 1 N–H and O–H groups in total. The second-order valence-electron chi connectivity index (χ2n) is 6.65. The van der Waals surface area contributed by atoms with Crippen LogP contribution in [0.1, 0.15) is 21.6 Å². The lowest BCUT2D eigenvalue weighted by Crippen LogP contribution is -1.99. The van der Waals surface area contributed by atoms with Gasteiger partial charge in [-0.25, -0.2) is 0 Å². The number of ether oxygens (including phenoxy) is 2. The van der Waals surface area contributed by atoms with Crippen molar-refractivity contribution in [1.82, 2.24) is 10.2 Å². The Kier molecular flexibility index (Phi) is 6.11. The number of carbonyl (C=O) groups excluding carboxylic acids is 1. The Balaban J connectivity index is 1.59. The van der Waals surface area contributed by atoms with E-state index >= 15 is 0 Å². The number of nitrogens with zero attached hydrogens (tertiary/aromatic N) is 1. The predicted octanol–water partition coefficient (Wildman–Crippen LogP) is 5.61. The normalized spacial score (nSPS) is 10.6. The third kappa shape index (κ3) is 4.88. The van der Waals surface area contributed by atoms with Crippen LogP contribution in [0.3, 0.4) is 0 Å². The van der Waals surface area contributed by atoms with Gasteiger partial charge in [0.2, 0.25) is 0 Å². The van der Waals surface area contributed by atoms with E-state index in [0.717, 1.165) is 16.7 Å². The van der Waals surface area contributed by atoms with Crippen molar-refractivity contribution in [3.63, 3.8) is 0 Å². The van der Waals surface area contributed by atoms with Gasteiger partial charge in [0.1, 0.15) is 30.4 Å². The minimum atomic E-state index is -0.594. The molecule has 1 aromatic heterocycles. The molecular formula is C24H19ClN2O3. The maximum Gasteiger partial charge on any atom is 0.270 e. The van der Waals surface area contributed by atoms with Crippen molar-refractivity contribution in [2.24, 2.45) is 0 Å². The number of benzene rings is 3. The molecule has 30 heavy (non-hydrogen) atoms. The molecule has 1 heterocycles. The van der Waals surface area contributed by atoms with Gasteiger partial charge in [-0.1, -0.05) is 60.7 Å². The molecule has 0 saturated heterocycles. The number of H-pyrrole nitrogens is 1. The van der Waals surface area contributed by atoms with Crippen LogP contribution in [0.2, 0.25) is 0 Å². The van der Waals surface area contributed by atoms with Gasteiger partial charge < -0.3 is 9.47 Å². The predicted molar refractivity (Wildman–Crippen MR) is 116 cm³/mol. The Morgan fingerprint density at radius 3 is 2.07 bits per heavy atom. The smallest absolute Gasteiger partial charge is 0.270 e. The van der Waals surface area contributed by atoms with Crippen molar-refractivity contribution in [2.45, 2.75) is 13.2 Å². The van der Waals surface area contributed by atoms with Gasteiger partial charge in [-0.05, 0) is 40.9 Å². The summed E-state index contributed by atoms with van der Waals surface area (Å²) < 4.78 is 12.0. The minimum absolute atomic E-state index is 0.227. The summed E-state index contributed by atoms with van der Waals surface area (Å²) in [4.78, 5) is 11.4. The molecule has 0 saturated carbocycles. The van der Waals surface area contributed by atoms with Crippen molar-refractivity contribution < 1.29 is 14.3 Å². The third-order valence-electron chi connectivity index (χ3n) is 4.50. The zero-order valence-electron chi connectivity index (χ0n) is 16.0. The van der Waals surface area contributed by atoms with Crippen LogP contribution in [0, 0.1) is 0 Å². The van der Waals surface area contributed by atoms with E-state index in [0.29, 0.717) is 30.4 Å². The lowest BCUT2D eigenvalue weighted by atomic mass is 10.1. The average molecular weight is 419 g/mol. The van der Waals surface area contributed by atoms with Gasteiger partial charge in [0, 0.05) is 11.6 Å². The van der Waals surface area contributed by atoms with Crippen molar-refractivity contribution in [3.8, 4) is 22.8 Å². The maximum absolute atomic E-state index is 11.4. The van der Waals surface area contributed by atoms with Crippen LogP contribution in [0.15, 0.2) is 84.9 Å². The molecule has 150 valence electrons. The van der Waals surface area contributed by atoms with Gasteiger partial charge in [0.25, 0.3) is 5.24 Å². The molecule has 4 rings (SSSR count). The number of rotatable bonds is 8. The number of nitrogens with one attached hydrogen (secondary N) is 1. The van der Waals surface area contributed by atoms with Gasteiger partial charge in [0.05, 0.1) is 5.69 Å². The van der Waals surface area contributed by atoms with Gasteiger partial charge in [-0.15, -0.1) is 0 Å². The highest BCUT2D eigenvalue weighted by molar-refractivity contribution is 6.67. The van der Waals surface area contributed by atoms with Gasteiger partial charge in [-0.3, -0.25) is 9.89 Å². The monoisotopic (exact) mass is 418 g/mol. The lowest BCUT2D eigenvalue weighted by molar-refractivity contribution is 0.107. The first-order chi connectivity index (χ1) is 14.7. The molecule has 0 amide bonds. The number of aromatic nitrogens is 2. The van der Waals surface area contributed by atoms with Crippen molar-refractivity contribution in [1.29, 1.82) is 0 Å². The topological polar surface area (TPSA) is 64.2 Å². The van der Waals surface area contributed by atoms with Crippen molar-refractivity contribution in [3.05, 3.63) is 102 Å². The highest BCUT2D eigenvalue weighted by atomic mass is 35.5. The van der Waals surface area contributed by atoms with Crippen LogP contribution in [-0.2, 0) is 13.2 Å². The van der Waals surface area contributed by atoms with Crippen molar-refractivity contribution in [2.75, 3.05) is 0 Å². The molecule has 5 nitrogen and oxygen atoms in total. The van der Waals surface area contributed by atoms with Crippen LogP contribution < -0.4 is 9.47 Å². The number of hydrogen-bond donors (Lipinski definition) is 1. The molecule has 0 aliphatic carbocycles. The van der Waals surface area contributed by atoms with Gasteiger partial charge in [-0.2, -0.15) is 5.10 Å². The molecule has 0 unspecified atom stereocenters. The Bertz CT molecular complexity index is 1130. The summed E-state index contributed by atoms with van der Waals surface area (Å²) in [6.07, 6.45) is 0. The molecule has 0 aliphatic rings. The quantitative estimate of drug-likeness (QED) is 0.377.